The van der Waals surface area contributed by atoms with E-state index in [-0.39, 0.29) is 24.6 Å². The number of aliphatic carboxylic acids is 1. The fourth-order valence-corrected chi connectivity index (χ4v) is 2.52. The van der Waals surface area contributed by atoms with Crippen molar-refractivity contribution in [3.63, 3.8) is 0 Å². The van der Waals surface area contributed by atoms with Gasteiger partial charge in [-0.25, -0.2) is 0 Å². The second-order valence-electron chi connectivity index (χ2n) is 4.96. The lowest BCUT2D eigenvalue weighted by Gasteiger charge is -2.32. The van der Waals surface area contributed by atoms with Crippen LogP contribution in [0.15, 0.2) is 0 Å². The fraction of sp³-hybridized carbons (Fsp3) is 0.833. The first-order valence-corrected chi connectivity index (χ1v) is 6.10. The zero-order chi connectivity index (χ0) is 12.4. The van der Waals surface area contributed by atoms with E-state index in [1.807, 2.05) is 6.92 Å². The van der Waals surface area contributed by atoms with Crippen LogP contribution in [0.25, 0.3) is 0 Å². The normalized spacial score (nSPS) is 36.3. The van der Waals surface area contributed by atoms with Gasteiger partial charge in [0.1, 0.15) is 12.7 Å². The molecular weight excluding hydrogens is 224 g/mol. The molecular formula is C12H18O5. The Morgan fingerprint density at radius 3 is 2.71 bits per heavy atom. The highest BCUT2D eigenvalue weighted by molar-refractivity contribution is 5.81. The molecule has 0 aromatic rings. The molecule has 2 aliphatic rings. The molecule has 1 aliphatic carbocycles. The molecule has 0 aromatic carbocycles. The van der Waals surface area contributed by atoms with Crippen molar-refractivity contribution in [3.8, 4) is 0 Å². The number of carbonyl (C=O) groups is 2. The summed E-state index contributed by atoms with van der Waals surface area (Å²) in [7, 11) is 0. The van der Waals surface area contributed by atoms with E-state index in [0.29, 0.717) is 13.0 Å². The molecule has 0 bridgehead atoms. The van der Waals surface area contributed by atoms with E-state index in [1.165, 1.54) is 0 Å². The van der Waals surface area contributed by atoms with E-state index < -0.39 is 17.8 Å². The summed E-state index contributed by atoms with van der Waals surface area (Å²) in [4.78, 5) is 23.0. The van der Waals surface area contributed by atoms with Crippen LogP contribution in [-0.4, -0.2) is 36.4 Å². The van der Waals surface area contributed by atoms with E-state index in [9.17, 15) is 9.59 Å². The monoisotopic (exact) mass is 242 g/mol. The summed E-state index contributed by atoms with van der Waals surface area (Å²) in [5, 5.41) is 9.13. The van der Waals surface area contributed by atoms with E-state index in [0.717, 1.165) is 12.8 Å². The van der Waals surface area contributed by atoms with Gasteiger partial charge in [-0.15, -0.1) is 0 Å². The lowest BCUT2D eigenvalue weighted by Crippen LogP contribution is -2.39. The zero-order valence-corrected chi connectivity index (χ0v) is 9.93. The number of esters is 1. The first-order chi connectivity index (χ1) is 8.09. The number of carboxylic acids is 1. The first-order valence-electron chi connectivity index (χ1n) is 6.10. The third-order valence-electron chi connectivity index (χ3n) is 3.62. The zero-order valence-electron chi connectivity index (χ0n) is 9.93. The molecule has 0 spiro atoms. The van der Waals surface area contributed by atoms with Crippen LogP contribution in [0.4, 0.5) is 0 Å². The molecule has 4 atom stereocenters. The predicted octanol–water partition coefficient (Wildman–Crippen LogP) is 1.07. The Balaban J connectivity index is 1.96. The van der Waals surface area contributed by atoms with Crippen LogP contribution in [0.5, 0.6) is 0 Å². The Morgan fingerprint density at radius 1 is 1.41 bits per heavy atom. The smallest absolute Gasteiger partial charge is 0.310 e. The molecule has 1 heterocycles. The molecule has 2 fully saturated rings. The minimum Gasteiger partial charge on any atom is -0.481 e. The number of ether oxygens (including phenoxy) is 2. The van der Waals surface area contributed by atoms with Crippen molar-refractivity contribution in [1.82, 2.24) is 0 Å². The van der Waals surface area contributed by atoms with Crippen LogP contribution < -0.4 is 0 Å². The lowest BCUT2D eigenvalue weighted by molar-refractivity contribution is -0.162. The third kappa shape index (κ3) is 2.97. The Kier molecular flexibility index (Phi) is 3.66. The molecule has 0 aromatic heterocycles. The summed E-state index contributed by atoms with van der Waals surface area (Å²) in [6.45, 7) is 2.82. The number of epoxide rings is 1. The highest BCUT2D eigenvalue weighted by Crippen LogP contribution is 2.35. The van der Waals surface area contributed by atoms with E-state index in [4.69, 9.17) is 14.6 Å². The molecule has 5 nitrogen and oxygen atoms in total. The van der Waals surface area contributed by atoms with Crippen LogP contribution in [0.2, 0.25) is 0 Å². The quantitative estimate of drug-likeness (QED) is 0.589. The number of hydrogen-bond donors (Lipinski definition) is 1. The maximum absolute atomic E-state index is 11.9. The van der Waals surface area contributed by atoms with Gasteiger partial charge in [0.2, 0.25) is 0 Å². The maximum Gasteiger partial charge on any atom is 0.310 e. The largest absolute Gasteiger partial charge is 0.481 e. The van der Waals surface area contributed by atoms with Crippen molar-refractivity contribution in [2.24, 2.45) is 17.8 Å². The van der Waals surface area contributed by atoms with Crippen molar-refractivity contribution in [2.45, 2.75) is 32.3 Å². The highest BCUT2D eigenvalue weighted by Gasteiger charge is 2.41. The number of carboxylic acid groups (broad SMARTS) is 1. The van der Waals surface area contributed by atoms with E-state index in [2.05, 4.69) is 0 Å². The summed E-state index contributed by atoms with van der Waals surface area (Å²) in [6.07, 6.45) is 2.36. The van der Waals surface area contributed by atoms with Gasteiger partial charge >= 0.3 is 11.9 Å². The van der Waals surface area contributed by atoms with Gasteiger partial charge in [-0.3, -0.25) is 9.59 Å². The van der Waals surface area contributed by atoms with Gasteiger partial charge in [-0.05, 0) is 18.8 Å². The molecule has 1 saturated carbocycles. The molecule has 96 valence electrons. The minimum absolute atomic E-state index is 0.0288. The van der Waals surface area contributed by atoms with Crippen molar-refractivity contribution < 1.29 is 24.2 Å². The summed E-state index contributed by atoms with van der Waals surface area (Å²) in [5.41, 5.74) is 0. The number of rotatable bonds is 4. The summed E-state index contributed by atoms with van der Waals surface area (Å²) >= 11 is 0. The fourth-order valence-electron chi connectivity index (χ4n) is 2.52. The molecule has 17 heavy (non-hydrogen) atoms. The Labute approximate surface area is 100 Å². The molecule has 2 rings (SSSR count). The van der Waals surface area contributed by atoms with Gasteiger partial charge in [-0.1, -0.05) is 13.3 Å². The number of hydrogen-bond acceptors (Lipinski definition) is 4. The van der Waals surface area contributed by atoms with Crippen molar-refractivity contribution in [2.75, 3.05) is 13.2 Å². The van der Waals surface area contributed by atoms with Gasteiger partial charge in [-0.2, -0.15) is 0 Å². The molecule has 0 radical (unpaired) electrons. The van der Waals surface area contributed by atoms with E-state index in [1.54, 1.807) is 0 Å². The van der Waals surface area contributed by atoms with Crippen LogP contribution in [0, 0.1) is 17.8 Å². The Morgan fingerprint density at radius 2 is 2.12 bits per heavy atom. The SMILES string of the molecule is CC1CCCC(C(=O)O)C1C(=O)OCC1CO1. The molecule has 1 aliphatic heterocycles. The number of carbonyl (C=O) groups excluding carboxylic acids is 1. The van der Waals surface area contributed by atoms with Crippen LogP contribution in [0.3, 0.4) is 0 Å². The van der Waals surface area contributed by atoms with Crippen molar-refractivity contribution in [3.05, 3.63) is 0 Å². The standard InChI is InChI=1S/C12H18O5/c1-7-3-2-4-9(11(13)14)10(7)12(15)17-6-8-5-16-8/h7-10H,2-6H2,1H3,(H,13,14). The molecule has 4 unspecified atom stereocenters. The van der Waals surface area contributed by atoms with Gasteiger partial charge in [0.05, 0.1) is 18.4 Å². The van der Waals surface area contributed by atoms with Gasteiger partial charge in [0, 0.05) is 0 Å². The second kappa shape index (κ2) is 5.04. The van der Waals surface area contributed by atoms with Crippen LogP contribution in [0.1, 0.15) is 26.2 Å². The average molecular weight is 242 g/mol. The summed E-state index contributed by atoms with van der Waals surface area (Å²) < 4.78 is 10.1. The third-order valence-corrected chi connectivity index (χ3v) is 3.62. The van der Waals surface area contributed by atoms with Gasteiger partial charge < -0.3 is 14.6 Å². The van der Waals surface area contributed by atoms with E-state index >= 15 is 0 Å². The first kappa shape index (κ1) is 12.4. The molecule has 0 amide bonds. The van der Waals surface area contributed by atoms with Gasteiger partial charge in [0.25, 0.3) is 0 Å². The average Bonchev–Trinajstić information content (AvgIpc) is 3.09. The molecule has 1 saturated heterocycles. The van der Waals surface area contributed by atoms with Crippen molar-refractivity contribution >= 4 is 11.9 Å². The maximum atomic E-state index is 11.9. The van der Waals surface area contributed by atoms with Crippen LogP contribution >= 0.6 is 0 Å². The Hall–Kier alpha value is -1.10. The summed E-state index contributed by atoms with van der Waals surface area (Å²) in [5.74, 6) is -2.27. The molecule has 1 N–H and O–H groups in total. The topological polar surface area (TPSA) is 76.1 Å². The van der Waals surface area contributed by atoms with Crippen molar-refractivity contribution in [1.29, 1.82) is 0 Å². The predicted molar refractivity (Wildman–Crippen MR) is 58.3 cm³/mol. The molecule has 5 heteroatoms. The Bertz CT molecular complexity index is 310. The van der Waals surface area contributed by atoms with Gasteiger partial charge in [0.15, 0.2) is 0 Å². The minimum atomic E-state index is -0.888. The highest BCUT2D eigenvalue weighted by atomic mass is 16.6. The summed E-state index contributed by atoms with van der Waals surface area (Å²) in [6, 6.07) is 0. The lowest BCUT2D eigenvalue weighted by atomic mass is 9.73. The second-order valence-corrected chi connectivity index (χ2v) is 4.96. The van der Waals surface area contributed by atoms with Crippen LogP contribution in [-0.2, 0) is 19.1 Å².